The van der Waals surface area contributed by atoms with Gasteiger partial charge in [-0.3, -0.25) is 19.7 Å². The molecule has 1 aromatic heterocycles. The first-order chi connectivity index (χ1) is 23.0. The van der Waals surface area contributed by atoms with Crippen LogP contribution < -0.4 is 0 Å². The molecule has 0 aliphatic carbocycles. The summed E-state index contributed by atoms with van der Waals surface area (Å²) < 4.78 is 5.48. The second-order valence-electron chi connectivity index (χ2n) is 11.4. The third-order valence-corrected chi connectivity index (χ3v) is 7.41. The zero-order valence-corrected chi connectivity index (χ0v) is 27.4. The van der Waals surface area contributed by atoms with Crippen LogP contribution in [0.3, 0.4) is 0 Å². The number of hydrogen-bond donors (Lipinski definition) is 0. The van der Waals surface area contributed by atoms with Gasteiger partial charge in [-0.25, -0.2) is 4.79 Å². The number of carbonyl (C=O) groups excluding carboxylic acids is 3. The van der Waals surface area contributed by atoms with E-state index in [0.717, 1.165) is 27.9 Å². The normalized spacial score (nSPS) is 11.6. The zero-order valence-electron chi connectivity index (χ0n) is 27.4. The van der Waals surface area contributed by atoms with E-state index in [1.165, 1.54) is 0 Å². The third kappa shape index (κ3) is 11.2. The molecule has 0 fully saturated rings. The lowest BCUT2D eigenvalue weighted by atomic mass is 9.97. The van der Waals surface area contributed by atoms with E-state index in [4.69, 9.17) is 4.74 Å². The summed E-state index contributed by atoms with van der Waals surface area (Å²) in [6.45, 7) is 5.47. The van der Waals surface area contributed by atoms with Crippen LogP contribution in [0, 0.1) is 26.1 Å². The number of amides is 1. The average Bonchev–Trinajstić information content (AvgIpc) is 3.55. The molecule has 258 valence electrons. The van der Waals surface area contributed by atoms with Gasteiger partial charge < -0.3 is 14.5 Å². The molecular formula is C32H41N7O9. The average molecular weight is 668 g/mol. The van der Waals surface area contributed by atoms with E-state index in [1.54, 1.807) is 17.0 Å². The van der Waals surface area contributed by atoms with E-state index in [0.29, 0.717) is 18.4 Å². The van der Waals surface area contributed by atoms with Crippen LogP contribution >= 0.6 is 0 Å². The summed E-state index contributed by atoms with van der Waals surface area (Å²) >= 11 is 0. The molecule has 0 saturated heterocycles. The lowest BCUT2D eigenvalue weighted by Crippen LogP contribution is -2.48. The van der Waals surface area contributed by atoms with Gasteiger partial charge in [-0.15, -0.1) is 20.3 Å². The predicted molar refractivity (Wildman–Crippen MR) is 172 cm³/mol. The lowest BCUT2D eigenvalue weighted by Gasteiger charge is -2.33. The fraction of sp³-hybridized carbons (Fsp3) is 0.500. The van der Waals surface area contributed by atoms with Crippen molar-refractivity contribution in [3.8, 4) is 22.5 Å². The maximum absolute atomic E-state index is 13.4. The number of aromatic nitrogens is 4. The van der Waals surface area contributed by atoms with Crippen molar-refractivity contribution in [3.63, 3.8) is 0 Å². The number of ether oxygens (including phenoxy) is 1. The minimum Gasteiger partial charge on any atom is -0.464 e. The number of benzene rings is 2. The smallest absolute Gasteiger partial charge is 0.329 e. The molecule has 0 saturated carbocycles. The molecule has 3 rings (SSSR count). The predicted octanol–water partition coefficient (Wildman–Crippen LogP) is 4.78. The van der Waals surface area contributed by atoms with E-state index in [-0.39, 0.29) is 69.6 Å². The van der Waals surface area contributed by atoms with Gasteiger partial charge in [-0.2, -0.15) is 0 Å². The van der Waals surface area contributed by atoms with Gasteiger partial charge in [0.2, 0.25) is 18.3 Å². The quantitative estimate of drug-likeness (QED) is 0.0691. The molecule has 16 heteroatoms. The van der Waals surface area contributed by atoms with Crippen molar-refractivity contribution in [2.75, 3.05) is 19.8 Å². The van der Waals surface area contributed by atoms with Crippen molar-refractivity contribution in [1.29, 1.82) is 0 Å². The second kappa shape index (κ2) is 18.8. The Balaban J connectivity index is 1.78. The highest BCUT2D eigenvalue weighted by atomic mass is 16.9. The third-order valence-electron chi connectivity index (χ3n) is 7.41. The molecule has 1 unspecified atom stereocenters. The van der Waals surface area contributed by atoms with Gasteiger partial charge in [-0.05, 0) is 47.1 Å². The van der Waals surface area contributed by atoms with Crippen LogP contribution in [0.15, 0.2) is 48.5 Å². The number of tetrazole rings is 1. The monoisotopic (exact) mass is 667 g/mol. The fourth-order valence-corrected chi connectivity index (χ4v) is 4.98. The van der Waals surface area contributed by atoms with E-state index < -0.39 is 27.9 Å². The Labute approximate surface area is 277 Å². The highest BCUT2D eigenvalue weighted by Gasteiger charge is 2.33. The molecule has 3 aromatic rings. The van der Waals surface area contributed by atoms with Crippen LogP contribution in [0.2, 0.25) is 0 Å². The lowest BCUT2D eigenvalue weighted by molar-refractivity contribution is -0.757. The molecule has 0 bridgehead atoms. The molecule has 0 aliphatic heterocycles. The van der Waals surface area contributed by atoms with E-state index in [1.807, 2.05) is 57.2 Å². The highest BCUT2D eigenvalue weighted by molar-refractivity contribution is 5.85. The van der Waals surface area contributed by atoms with Crippen molar-refractivity contribution in [3.05, 3.63) is 74.3 Å². The number of hydrogen-bond acceptors (Lipinski definition) is 12. The Kier molecular flexibility index (Phi) is 14.5. The molecule has 2 aromatic carbocycles. The maximum Gasteiger partial charge on any atom is 0.329 e. The topological polar surface area (TPSA) is 203 Å². The molecular weight excluding hydrogens is 626 g/mol. The van der Waals surface area contributed by atoms with E-state index >= 15 is 0 Å². The van der Waals surface area contributed by atoms with Crippen molar-refractivity contribution in [2.24, 2.45) is 5.92 Å². The molecule has 0 aliphatic rings. The van der Waals surface area contributed by atoms with Crippen LogP contribution in [0.25, 0.3) is 22.5 Å². The van der Waals surface area contributed by atoms with Crippen molar-refractivity contribution in [1.82, 2.24) is 25.1 Å². The van der Waals surface area contributed by atoms with Gasteiger partial charge in [0.1, 0.15) is 6.04 Å². The van der Waals surface area contributed by atoms with Gasteiger partial charge in [0, 0.05) is 36.3 Å². The Bertz CT molecular complexity index is 1540. The van der Waals surface area contributed by atoms with Gasteiger partial charge in [0.15, 0.2) is 0 Å². The van der Waals surface area contributed by atoms with Crippen LogP contribution in [-0.4, -0.2) is 78.7 Å². The standard InChI is InChI=1S/C32H41N7O9/c1-4-5-13-28(40)36(30(23(2)3)32(42)47-20-9-8-19-37(43)44)22-24-15-17-25(18-16-24)26-11-6-7-12-27(26)31-33-35-38(34-31)29(41)14-10-21-48-39(45)46/h6-7,11-12,15-18,23,30H,4-5,8-10,13-14,19-22H2,1-3H3. The molecule has 48 heavy (non-hydrogen) atoms. The summed E-state index contributed by atoms with van der Waals surface area (Å²) in [5, 5.41) is 32.1. The minimum atomic E-state index is -0.920. The van der Waals surface area contributed by atoms with Crippen LogP contribution in [0.5, 0.6) is 0 Å². The van der Waals surface area contributed by atoms with Crippen LogP contribution in [0.1, 0.15) is 76.1 Å². The Hall–Kier alpha value is -5.28. The number of nitrogens with zero attached hydrogens (tertiary/aromatic N) is 7. The van der Waals surface area contributed by atoms with E-state index in [2.05, 4.69) is 20.2 Å². The minimum absolute atomic E-state index is 0.0384. The largest absolute Gasteiger partial charge is 0.464 e. The second-order valence-corrected chi connectivity index (χ2v) is 11.4. The number of rotatable bonds is 20. The SMILES string of the molecule is CCCCC(=O)N(Cc1ccc(-c2ccccc2-c2nnn(C(=O)CCCO[N+](=O)[O-])n2)cc1)C(C(=O)OCCCC[N+](=O)[O-])C(C)C. The number of unbranched alkanes of at least 4 members (excludes halogenated alkanes) is 2. The molecule has 1 heterocycles. The van der Waals surface area contributed by atoms with Gasteiger partial charge in [-0.1, -0.05) is 80.5 Å². The summed E-state index contributed by atoms with van der Waals surface area (Å²) in [4.78, 5) is 66.2. The Morgan fingerprint density at radius 1 is 0.917 bits per heavy atom. The molecule has 0 N–H and O–H groups in total. The Morgan fingerprint density at radius 2 is 1.62 bits per heavy atom. The fourth-order valence-electron chi connectivity index (χ4n) is 4.98. The van der Waals surface area contributed by atoms with Gasteiger partial charge in [0.05, 0.1) is 13.2 Å². The summed E-state index contributed by atoms with van der Waals surface area (Å²) in [6, 6.07) is 14.0. The number of esters is 1. The molecule has 16 nitrogen and oxygen atoms in total. The van der Waals surface area contributed by atoms with Crippen LogP contribution in [0.4, 0.5) is 0 Å². The molecule has 0 spiro atoms. The zero-order chi connectivity index (χ0) is 35.1. The first kappa shape index (κ1) is 37.2. The number of nitro groups is 1. The summed E-state index contributed by atoms with van der Waals surface area (Å²) in [6.07, 6.45) is 2.47. The molecule has 0 radical (unpaired) electrons. The van der Waals surface area contributed by atoms with Gasteiger partial charge in [0.25, 0.3) is 11.0 Å². The summed E-state index contributed by atoms with van der Waals surface area (Å²) in [5.41, 5.74) is 3.00. The van der Waals surface area contributed by atoms with Crippen molar-refractivity contribution >= 4 is 17.8 Å². The van der Waals surface area contributed by atoms with Crippen molar-refractivity contribution in [2.45, 2.75) is 78.3 Å². The van der Waals surface area contributed by atoms with E-state index in [9.17, 15) is 34.6 Å². The summed E-state index contributed by atoms with van der Waals surface area (Å²) in [5.74, 6) is -1.21. The summed E-state index contributed by atoms with van der Waals surface area (Å²) in [7, 11) is 0. The van der Waals surface area contributed by atoms with Crippen molar-refractivity contribution < 1.29 is 34.0 Å². The highest BCUT2D eigenvalue weighted by Crippen LogP contribution is 2.30. The van der Waals surface area contributed by atoms with Crippen LogP contribution in [-0.2, 0) is 25.7 Å². The first-order valence-corrected chi connectivity index (χ1v) is 15.9. The Morgan fingerprint density at radius 3 is 2.27 bits per heavy atom. The molecule has 1 atom stereocenters. The maximum atomic E-state index is 13.4. The number of carbonyl (C=O) groups is 3. The van der Waals surface area contributed by atoms with Gasteiger partial charge >= 0.3 is 5.97 Å². The first-order valence-electron chi connectivity index (χ1n) is 15.9. The molecule has 1 amide bonds.